The molecule has 1 fully saturated rings. The maximum absolute atomic E-state index is 12.0. The lowest BCUT2D eigenvalue weighted by Gasteiger charge is -2.31. The number of hydrogen-bond acceptors (Lipinski definition) is 3. The summed E-state index contributed by atoms with van der Waals surface area (Å²) in [5, 5.41) is 9.04. The Bertz CT molecular complexity index is 388. The zero-order chi connectivity index (χ0) is 12.3. The lowest BCUT2D eigenvalue weighted by Crippen LogP contribution is -2.49. The Morgan fingerprint density at radius 3 is 2.71 bits per heavy atom. The fourth-order valence-electron chi connectivity index (χ4n) is 1.94. The van der Waals surface area contributed by atoms with E-state index in [1.807, 2.05) is 24.3 Å². The molecular formula is C13H17NO3. The van der Waals surface area contributed by atoms with Crippen molar-refractivity contribution in [3.63, 3.8) is 0 Å². The van der Waals surface area contributed by atoms with Gasteiger partial charge in [-0.25, -0.2) is 0 Å². The molecule has 0 bridgehead atoms. The van der Waals surface area contributed by atoms with Crippen LogP contribution in [0.15, 0.2) is 24.3 Å². The number of benzene rings is 1. The molecule has 1 saturated heterocycles. The topological polar surface area (TPSA) is 49.8 Å². The van der Waals surface area contributed by atoms with E-state index in [0.29, 0.717) is 13.2 Å². The summed E-state index contributed by atoms with van der Waals surface area (Å²) in [5.74, 6) is -0.164. The maximum atomic E-state index is 12.0. The van der Waals surface area contributed by atoms with E-state index < -0.39 is 6.10 Å². The number of aryl methyl sites for hydroxylation is 1. The normalized spacial score (nSPS) is 20.7. The Morgan fingerprint density at radius 1 is 1.41 bits per heavy atom. The molecular weight excluding hydrogens is 218 g/mol. The molecule has 1 amide bonds. The Kier molecular flexibility index (Phi) is 3.76. The first kappa shape index (κ1) is 12.1. The quantitative estimate of drug-likeness (QED) is 0.849. The molecule has 0 aliphatic carbocycles. The fourth-order valence-corrected chi connectivity index (χ4v) is 1.94. The van der Waals surface area contributed by atoms with Crippen molar-refractivity contribution in [3.8, 4) is 0 Å². The zero-order valence-corrected chi connectivity index (χ0v) is 9.93. The van der Waals surface area contributed by atoms with Gasteiger partial charge in [0.15, 0.2) is 6.10 Å². The average molecular weight is 235 g/mol. The van der Waals surface area contributed by atoms with Gasteiger partial charge in [0.25, 0.3) is 5.91 Å². The Balaban J connectivity index is 2.17. The summed E-state index contributed by atoms with van der Waals surface area (Å²) in [6.45, 7) is 2.84. The molecule has 0 saturated carbocycles. The standard InChI is InChI=1S/C13H17NO3/c1-2-10-3-5-11(6-4-10)14-7-8-17-12(9-15)13(14)16/h3-6,12,15H,2,7-9H2,1H3. The number of rotatable bonds is 3. The summed E-state index contributed by atoms with van der Waals surface area (Å²) in [4.78, 5) is 13.6. The van der Waals surface area contributed by atoms with Crippen LogP contribution in [0.5, 0.6) is 0 Å². The molecule has 1 aromatic rings. The number of nitrogens with zero attached hydrogens (tertiary/aromatic N) is 1. The van der Waals surface area contributed by atoms with Crippen molar-refractivity contribution in [1.29, 1.82) is 0 Å². The van der Waals surface area contributed by atoms with Crippen LogP contribution in [-0.4, -0.2) is 36.9 Å². The minimum absolute atomic E-state index is 0.164. The SMILES string of the molecule is CCc1ccc(N2CCOC(CO)C2=O)cc1. The maximum Gasteiger partial charge on any atom is 0.258 e. The van der Waals surface area contributed by atoms with Gasteiger partial charge >= 0.3 is 0 Å². The summed E-state index contributed by atoms with van der Waals surface area (Å²) in [6.07, 6.45) is 0.269. The highest BCUT2D eigenvalue weighted by Gasteiger charge is 2.29. The van der Waals surface area contributed by atoms with Gasteiger partial charge in [-0.15, -0.1) is 0 Å². The number of hydrogen-bond donors (Lipinski definition) is 1. The van der Waals surface area contributed by atoms with Crippen LogP contribution in [0.1, 0.15) is 12.5 Å². The molecule has 1 atom stereocenters. The summed E-state index contributed by atoms with van der Waals surface area (Å²) in [7, 11) is 0. The fraction of sp³-hybridized carbons (Fsp3) is 0.462. The van der Waals surface area contributed by atoms with Gasteiger partial charge in [-0.1, -0.05) is 19.1 Å². The average Bonchev–Trinajstić information content (AvgIpc) is 2.39. The van der Waals surface area contributed by atoms with Gasteiger partial charge in [-0.05, 0) is 24.1 Å². The van der Waals surface area contributed by atoms with Gasteiger partial charge < -0.3 is 14.7 Å². The third-order valence-corrected chi connectivity index (χ3v) is 3.00. The highest BCUT2D eigenvalue weighted by Crippen LogP contribution is 2.19. The first-order valence-corrected chi connectivity index (χ1v) is 5.89. The minimum Gasteiger partial charge on any atom is -0.393 e. The van der Waals surface area contributed by atoms with Crippen molar-refractivity contribution in [2.45, 2.75) is 19.4 Å². The van der Waals surface area contributed by atoms with Gasteiger partial charge in [0.1, 0.15) is 0 Å². The number of anilines is 1. The lowest BCUT2D eigenvalue weighted by molar-refractivity contribution is -0.136. The van der Waals surface area contributed by atoms with E-state index in [0.717, 1.165) is 12.1 Å². The van der Waals surface area contributed by atoms with E-state index in [4.69, 9.17) is 9.84 Å². The zero-order valence-electron chi connectivity index (χ0n) is 9.93. The number of aliphatic hydroxyl groups excluding tert-OH is 1. The molecule has 2 rings (SSSR count). The van der Waals surface area contributed by atoms with Crippen molar-refractivity contribution in [3.05, 3.63) is 29.8 Å². The Labute approximate surface area is 101 Å². The molecule has 4 heteroatoms. The van der Waals surface area contributed by atoms with Crippen LogP contribution in [0.3, 0.4) is 0 Å². The molecule has 92 valence electrons. The number of amides is 1. The van der Waals surface area contributed by atoms with Crippen LogP contribution < -0.4 is 4.90 Å². The number of carbonyl (C=O) groups excluding carboxylic acids is 1. The minimum atomic E-state index is -0.713. The monoisotopic (exact) mass is 235 g/mol. The third kappa shape index (κ3) is 2.48. The van der Waals surface area contributed by atoms with Crippen molar-refractivity contribution in [2.75, 3.05) is 24.7 Å². The first-order chi connectivity index (χ1) is 8.26. The molecule has 17 heavy (non-hydrogen) atoms. The molecule has 4 nitrogen and oxygen atoms in total. The van der Waals surface area contributed by atoms with E-state index >= 15 is 0 Å². The van der Waals surface area contributed by atoms with E-state index in [1.54, 1.807) is 4.90 Å². The molecule has 1 aromatic carbocycles. The summed E-state index contributed by atoms with van der Waals surface area (Å²) in [5.41, 5.74) is 2.11. The molecule has 0 spiro atoms. The van der Waals surface area contributed by atoms with Gasteiger partial charge in [-0.2, -0.15) is 0 Å². The largest absolute Gasteiger partial charge is 0.393 e. The summed E-state index contributed by atoms with van der Waals surface area (Å²) >= 11 is 0. The summed E-state index contributed by atoms with van der Waals surface area (Å²) < 4.78 is 5.19. The smallest absolute Gasteiger partial charge is 0.258 e. The molecule has 1 N–H and O–H groups in total. The second-order valence-electron chi connectivity index (χ2n) is 4.05. The van der Waals surface area contributed by atoms with E-state index in [1.165, 1.54) is 5.56 Å². The number of carbonyl (C=O) groups is 1. The van der Waals surface area contributed by atoms with E-state index in [9.17, 15) is 4.79 Å². The van der Waals surface area contributed by atoms with Crippen LogP contribution in [-0.2, 0) is 16.0 Å². The van der Waals surface area contributed by atoms with Gasteiger partial charge in [0.2, 0.25) is 0 Å². The second kappa shape index (κ2) is 5.29. The molecule has 1 heterocycles. The number of morpholine rings is 1. The van der Waals surface area contributed by atoms with E-state index in [-0.39, 0.29) is 12.5 Å². The van der Waals surface area contributed by atoms with Crippen LogP contribution in [0, 0.1) is 0 Å². The highest BCUT2D eigenvalue weighted by atomic mass is 16.5. The predicted molar refractivity (Wildman–Crippen MR) is 65.0 cm³/mol. The van der Waals surface area contributed by atoms with Gasteiger partial charge in [-0.3, -0.25) is 4.79 Å². The molecule has 1 unspecified atom stereocenters. The molecule has 0 aromatic heterocycles. The molecule has 0 radical (unpaired) electrons. The number of ether oxygens (including phenoxy) is 1. The van der Waals surface area contributed by atoms with Gasteiger partial charge in [0, 0.05) is 12.2 Å². The molecule has 1 aliphatic heterocycles. The van der Waals surface area contributed by atoms with Crippen LogP contribution >= 0.6 is 0 Å². The highest BCUT2D eigenvalue weighted by molar-refractivity contribution is 5.97. The van der Waals surface area contributed by atoms with E-state index in [2.05, 4.69) is 6.92 Å². The second-order valence-corrected chi connectivity index (χ2v) is 4.05. The van der Waals surface area contributed by atoms with Crippen LogP contribution in [0.4, 0.5) is 5.69 Å². The summed E-state index contributed by atoms with van der Waals surface area (Å²) in [6, 6.07) is 7.92. The third-order valence-electron chi connectivity index (χ3n) is 3.00. The van der Waals surface area contributed by atoms with Crippen molar-refractivity contribution in [1.82, 2.24) is 0 Å². The first-order valence-electron chi connectivity index (χ1n) is 5.89. The number of aliphatic hydroxyl groups is 1. The van der Waals surface area contributed by atoms with Crippen molar-refractivity contribution < 1.29 is 14.6 Å². The predicted octanol–water partition coefficient (Wildman–Crippen LogP) is 0.973. The van der Waals surface area contributed by atoms with Crippen LogP contribution in [0.25, 0.3) is 0 Å². The Hall–Kier alpha value is -1.39. The lowest BCUT2D eigenvalue weighted by atomic mass is 10.1. The molecule has 1 aliphatic rings. The van der Waals surface area contributed by atoms with Crippen molar-refractivity contribution >= 4 is 11.6 Å². The van der Waals surface area contributed by atoms with Crippen LogP contribution in [0.2, 0.25) is 0 Å². The Morgan fingerprint density at radius 2 is 2.12 bits per heavy atom. The van der Waals surface area contributed by atoms with Crippen molar-refractivity contribution in [2.24, 2.45) is 0 Å². The van der Waals surface area contributed by atoms with Gasteiger partial charge in [0.05, 0.1) is 13.2 Å².